The molecule has 0 saturated carbocycles. The smallest absolute Gasteiger partial charge is 0.349 e. The minimum Gasteiger partial charge on any atom is -0.364 e. The van der Waals surface area contributed by atoms with Crippen molar-refractivity contribution < 1.29 is 0 Å². The summed E-state index contributed by atoms with van der Waals surface area (Å²) in [5.74, 6) is 1.27. The number of aryl methyl sites for hydroxylation is 2. The minimum absolute atomic E-state index is 0.276. The fourth-order valence-corrected chi connectivity index (χ4v) is 2.47. The average Bonchev–Trinajstić information content (AvgIpc) is 2.94. The van der Waals surface area contributed by atoms with E-state index in [1.54, 1.807) is 24.3 Å². The van der Waals surface area contributed by atoms with Crippen molar-refractivity contribution in [2.24, 2.45) is 0 Å². The van der Waals surface area contributed by atoms with Crippen molar-refractivity contribution in [3.05, 3.63) is 38.5 Å². The number of hydrogen-bond donors (Lipinski definition) is 2. The maximum atomic E-state index is 11.5. The molecule has 3 aromatic rings. The van der Waals surface area contributed by atoms with Gasteiger partial charge in [-0.2, -0.15) is 5.10 Å². The first-order chi connectivity index (χ1) is 9.13. The van der Waals surface area contributed by atoms with Gasteiger partial charge in [-0.3, -0.25) is 0 Å². The van der Waals surface area contributed by atoms with Crippen LogP contribution in [0.4, 0.5) is 5.82 Å². The fourth-order valence-electron chi connectivity index (χ4n) is 1.86. The SMILES string of the molecule is Cc1nc(CNc2cc3n[nH]c(=O)n3c(C)n2)cs1. The molecule has 3 rings (SSSR count). The molecular formula is C11H12N6OS. The van der Waals surface area contributed by atoms with Crippen LogP contribution in [-0.4, -0.2) is 24.6 Å². The van der Waals surface area contributed by atoms with Crippen molar-refractivity contribution >= 4 is 22.8 Å². The fraction of sp³-hybridized carbons (Fsp3) is 0.273. The van der Waals surface area contributed by atoms with Gasteiger partial charge in [-0.15, -0.1) is 11.3 Å². The summed E-state index contributed by atoms with van der Waals surface area (Å²) in [7, 11) is 0. The van der Waals surface area contributed by atoms with E-state index in [9.17, 15) is 4.79 Å². The molecule has 0 atom stereocenters. The summed E-state index contributed by atoms with van der Waals surface area (Å²) in [4.78, 5) is 20.2. The van der Waals surface area contributed by atoms with Crippen LogP contribution in [0.15, 0.2) is 16.2 Å². The first-order valence-corrected chi connectivity index (χ1v) is 6.61. The van der Waals surface area contributed by atoms with Gasteiger partial charge in [-0.05, 0) is 13.8 Å². The van der Waals surface area contributed by atoms with Gasteiger partial charge in [0, 0.05) is 11.4 Å². The van der Waals surface area contributed by atoms with Crippen LogP contribution in [0.5, 0.6) is 0 Å². The lowest BCUT2D eigenvalue weighted by molar-refractivity contribution is 0.928. The van der Waals surface area contributed by atoms with Crippen LogP contribution < -0.4 is 11.0 Å². The summed E-state index contributed by atoms with van der Waals surface area (Å²) in [5.41, 5.74) is 1.25. The van der Waals surface area contributed by atoms with E-state index in [1.165, 1.54) is 4.40 Å². The van der Waals surface area contributed by atoms with E-state index in [2.05, 4.69) is 25.5 Å². The number of aromatic amines is 1. The predicted octanol–water partition coefficient (Wildman–Crippen LogP) is 1.10. The third-order valence-electron chi connectivity index (χ3n) is 2.69. The highest BCUT2D eigenvalue weighted by Gasteiger charge is 2.07. The Kier molecular flexibility index (Phi) is 2.79. The molecule has 19 heavy (non-hydrogen) atoms. The number of anilines is 1. The van der Waals surface area contributed by atoms with Crippen LogP contribution in [0.2, 0.25) is 0 Å². The Morgan fingerprint density at radius 3 is 3.00 bits per heavy atom. The molecule has 0 aliphatic rings. The molecule has 0 aliphatic heterocycles. The van der Waals surface area contributed by atoms with E-state index in [0.717, 1.165) is 10.7 Å². The average molecular weight is 276 g/mol. The summed E-state index contributed by atoms with van der Waals surface area (Å²) in [6.45, 7) is 4.34. The first-order valence-electron chi connectivity index (χ1n) is 5.73. The number of rotatable bonds is 3. The van der Waals surface area contributed by atoms with Crippen molar-refractivity contribution in [1.82, 2.24) is 24.6 Å². The van der Waals surface area contributed by atoms with Gasteiger partial charge in [0.2, 0.25) is 0 Å². The normalized spacial score (nSPS) is 11.1. The topological polar surface area (TPSA) is 88.0 Å². The molecule has 0 aliphatic carbocycles. The summed E-state index contributed by atoms with van der Waals surface area (Å²) in [6, 6.07) is 1.73. The second-order valence-corrected chi connectivity index (χ2v) is 5.18. The molecule has 98 valence electrons. The lowest BCUT2D eigenvalue weighted by Gasteiger charge is -2.05. The van der Waals surface area contributed by atoms with Gasteiger partial charge in [-0.25, -0.2) is 24.3 Å². The number of fused-ring (bicyclic) bond motifs is 1. The van der Waals surface area contributed by atoms with Crippen LogP contribution in [0, 0.1) is 13.8 Å². The van der Waals surface area contributed by atoms with E-state index >= 15 is 0 Å². The molecular weight excluding hydrogens is 264 g/mol. The molecule has 8 heteroatoms. The molecule has 3 heterocycles. The molecule has 2 N–H and O–H groups in total. The number of aromatic nitrogens is 5. The zero-order valence-electron chi connectivity index (χ0n) is 10.5. The molecule has 0 spiro atoms. The molecule has 0 unspecified atom stereocenters. The van der Waals surface area contributed by atoms with Gasteiger partial charge in [0.05, 0.1) is 17.2 Å². The Morgan fingerprint density at radius 1 is 1.42 bits per heavy atom. The van der Waals surface area contributed by atoms with E-state index in [1.807, 2.05) is 12.3 Å². The zero-order chi connectivity index (χ0) is 13.4. The minimum atomic E-state index is -0.276. The van der Waals surface area contributed by atoms with Gasteiger partial charge in [0.15, 0.2) is 5.65 Å². The molecule has 3 aromatic heterocycles. The molecule has 0 saturated heterocycles. The Bertz CT molecular complexity index is 786. The molecule has 0 aromatic carbocycles. The van der Waals surface area contributed by atoms with Gasteiger partial charge in [0.25, 0.3) is 0 Å². The lowest BCUT2D eigenvalue weighted by atomic mass is 10.4. The van der Waals surface area contributed by atoms with Crippen molar-refractivity contribution in [3.8, 4) is 0 Å². The number of nitrogens with zero attached hydrogens (tertiary/aromatic N) is 4. The molecule has 0 fully saturated rings. The Hall–Kier alpha value is -2.22. The first kappa shape index (κ1) is 11.8. The zero-order valence-corrected chi connectivity index (χ0v) is 11.3. The summed E-state index contributed by atoms with van der Waals surface area (Å²) < 4.78 is 1.43. The number of nitrogens with one attached hydrogen (secondary N) is 2. The Balaban J connectivity index is 1.87. The van der Waals surface area contributed by atoms with Gasteiger partial charge >= 0.3 is 5.69 Å². The summed E-state index contributed by atoms with van der Waals surface area (Å²) in [5, 5.41) is 12.6. The number of hydrogen-bond acceptors (Lipinski definition) is 6. The Labute approximate surface area is 112 Å². The quantitative estimate of drug-likeness (QED) is 0.748. The second kappa shape index (κ2) is 4.47. The van der Waals surface area contributed by atoms with Crippen molar-refractivity contribution in [3.63, 3.8) is 0 Å². The highest BCUT2D eigenvalue weighted by atomic mass is 32.1. The van der Waals surface area contributed by atoms with Crippen LogP contribution in [0.25, 0.3) is 5.65 Å². The monoisotopic (exact) mass is 276 g/mol. The number of H-pyrrole nitrogens is 1. The van der Waals surface area contributed by atoms with Crippen molar-refractivity contribution in [2.45, 2.75) is 20.4 Å². The van der Waals surface area contributed by atoms with Crippen molar-refractivity contribution in [2.75, 3.05) is 5.32 Å². The van der Waals surface area contributed by atoms with E-state index in [0.29, 0.717) is 23.8 Å². The van der Waals surface area contributed by atoms with E-state index < -0.39 is 0 Å². The lowest BCUT2D eigenvalue weighted by Crippen LogP contribution is -2.14. The predicted molar refractivity (Wildman–Crippen MR) is 72.5 cm³/mol. The van der Waals surface area contributed by atoms with Crippen molar-refractivity contribution in [1.29, 1.82) is 0 Å². The molecule has 0 radical (unpaired) electrons. The highest BCUT2D eigenvalue weighted by Crippen LogP contribution is 2.12. The maximum Gasteiger partial charge on any atom is 0.349 e. The standard InChI is InChI=1S/C11H12N6OS/c1-6-13-9(3-10-15-16-11(18)17(6)10)12-4-8-5-19-7(2)14-8/h3,5,12H,4H2,1-2H3,(H,16,18). The van der Waals surface area contributed by atoms with Gasteiger partial charge in [-0.1, -0.05) is 0 Å². The third kappa shape index (κ3) is 2.22. The van der Waals surface area contributed by atoms with Gasteiger partial charge < -0.3 is 5.32 Å². The molecule has 7 nitrogen and oxygen atoms in total. The van der Waals surface area contributed by atoms with E-state index in [4.69, 9.17) is 0 Å². The van der Waals surface area contributed by atoms with Crippen LogP contribution in [0.3, 0.4) is 0 Å². The molecule has 0 amide bonds. The molecule has 0 bridgehead atoms. The highest BCUT2D eigenvalue weighted by molar-refractivity contribution is 7.09. The van der Waals surface area contributed by atoms with Crippen LogP contribution >= 0.6 is 11.3 Å². The summed E-state index contributed by atoms with van der Waals surface area (Å²) >= 11 is 1.61. The summed E-state index contributed by atoms with van der Waals surface area (Å²) in [6.07, 6.45) is 0. The Morgan fingerprint density at radius 2 is 2.26 bits per heavy atom. The largest absolute Gasteiger partial charge is 0.364 e. The van der Waals surface area contributed by atoms with Crippen LogP contribution in [-0.2, 0) is 6.54 Å². The second-order valence-electron chi connectivity index (χ2n) is 4.12. The maximum absolute atomic E-state index is 11.5. The van der Waals surface area contributed by atoms with Crippen LogP contribution in [0.1, 0.15) is 16.5 Å². The number of thiazole rings is 1. The van der Waals surface area contributed by atoms with Gasteiger partial charge in [0.1, 0.15) is 11.6 Å². The van der Waals surface area contributed by atoms with E-state index in [-0.39, 0.29) is 5.69 Å². The third-order valence-corrected chi connectivity index (χ3v) is 3.51.